The standard InChI is InChI=1S/C15H23ClN2O2S/c1-3-4-11-21(19,20)18-9-7-17(8-10-18)15-6-5-14(16)12-13(15)2/h5-6,12H,3-4,7-11H2,1-2H3. The first-order valence-corrected chi connectivity index (χ1v) is 9.41. The van der Waals surface area contributed by atoms with Gasteiger partial charge in [0.1, 0.15) is 0 Å². The predicted molar refractivity (Wildman–Crippen MR) is 88.7 cm³/mol. The molecule has 4 nitrogen and oxygen atoms in total. The maximum absolute atomic E-state index is 12.2. The Morgan fingerprint density at radius 3 is 2.43 bits per heavy atom. The molecule has 0 aromatic heterocycles. The third kappa shape index (κ3) is 4.11. The van der Waals surface area contributed by atoms with Gasteiger partial charge in [0.2, 0.25) is 10.0 Å². The van der Waals surface area contributed by atoms with Crippen molar-refractivity contribution in [3.63, 3.8) is 0 Å². The summed E-state index contributed by atoms with van der Waals surface area (Å²) in [5, 5.41) is 0.733. The number of halogens is 1. The Kier molecular flexibility index (Phi) is 5.52. The molecule has 0 unspecified atom stereocenters. The molecule has 0 bridgehead atoms. The van der Waals surface area contributed by atoms with E-state index in [4.69, 9.17) is 11.6 Å². The molecule has 0 radical (unpaired) electrons. The van der Waals surface area contributed by atoms with Gasteiger partial charge >= 0.3 is 0 Å². The minimum Gasteiger partial charge on any atom is -0.369 e. The normalized spacial score (nSPS) is 17.2. The van der Waals surface area contributed by atoms with Crippen LogP contribution in [0.25, 0.3) is 0 Å². The van der Waals surface area contributed by atoms with E-state index in [-0.39, 0.29) is 5.75 Å². The monoisotopic (exact) mass is 330 g/mol. The lowest BCUT2D eigenvalue weighted by molar-refractivity contribution is 0.384. The number of hydrogen-bond acceptors (Lipinski definition) is 3. The summed E-state index contributed by atoms with van der Waals surface area (Å²) in [6.45, 7) is 6.63. The van der Waals surface area contributed by atoms with Crippen molar-refractivity contribution in [3.8, 4) is 0 Å². The van der Waals surface area contributed by atoms with Crippen LogP contribution in [0.15, 0.2) is 18.2 Å². The maximum Gasteiger partial charge on any atom is 0.214 e. The van der Waals surface area contributed by atoms with E-state index in [0.717, 1.165) is 42.2 Å². The topological polar surface area (TPSA) is 40.6 Å². The fourth-order valence-corrected chi connectivity index (χ4v) is 4.49. The molecule has 0 amide bonds. The number of sulfonamides is 1. The SMILES string of the molecule is CCCCS(=O)(=O)N1CCN(c2ccc(Cl)cc2C)CC1. The van der Waals surface area contributed by atoms with Crippen LogP contribution < -0.4 is 4.90 Å². The number of benzene rings is 1. The highest BCUT2D eigenvalue weighted by Crippen LogP contribution is 2.25. The van der Waals surface area contributed by atoms with E-state index in [1.54, 1.807) is 4.31 Å². The van der Waals surface area contributed by atoms with E-state index in [0.29, 0.717) is 13.1 Å². The Labute approximate surface area is 132 Å². The third-order valence-electron chi connectivity index (χ3n) is 3.89. The highest BCUT2D eigenvalue weighted by molar-refractivity contribution is 7.89. The zero-order valence-electron chi connectivity index (χ0n) is 12.7. The summed E-state index contributed by atoms with van der Waals surface area (Å²) in [5.41, 5.74) is 2.27. The van der Waals surface area contributed by atoms with Crippen molar-refractivity contribution in [3.05, 3.63) is 28.8 Å². The Balaban J connectivity index is 2.00. The molecular weight excluding hydrogens is 308 g/mol. The number of piperazine rings is 1. The molecule has 2 rings (SSSR count). The number of rotatable bonds is 5. The van der Waals surface area contributed by atoms with Crippen molar-refractivity contribution >= 4 is 27.3 Å². The summed E-state index contributed by atoms with van der Waals surface area (Å²) in [6, 6.07) is 5.84. The average molecular weight is 331 g/mol. The van der Waals surface area contributed by atoms with E-state index in [1.165, 1.54) is 0 Å². The second kappa shape index (κ2) is 6.99. The zero-order valence-corrected chi connectivity index (χ0v) is 14.3. The third-order valence-corrected chi connectivity index (χ3v) is 6.08. The summed E-state index contributed by atoms with van der Waals surface area (Å²) < 4.78 is 26.0. The van der Waals surface area contributed by atoms with Crippen molar-refractivity contribution in [2.45, 2.75) is 26.7 Å². The van der Waals surface area contributed by atoms with Gasteiger partial charge in [0.25, 0.3) is 0 Å². The summed E-state index contributed by atoms with van der Waals surface area (Å²) in [5.74, 6) is 0.267. The van der Waals surface area contributed by atoms with E-state index in [2.05, 4.69) is 4.90 Å². The molecule has 0 spiro atoms. The molecule has 6 heteroatoms. The smallest absolute Gasteiger partial charge is 0.214 e. The Morgan fingerprint density at radius 1 is 1.19 bits per heavy atom. The highest BCUT2D eigenvalue weighted by Gasteiger charge is 2.26. The van der Waals surface area contributed by atoms with Gasteiger partial charge in [0, 0.05) is 36.9 Å². The van der Waals surface area contributed by atoms with Crippen molar-refractivity contribution in [1.82, 2.24) is 4.31 Å². The fourth-order valence-electron chi connectivity index (χ4n) is 2.64. The molecule has 21 heavy (non-hydrogen) atoms. The lowest BCUT2D eigenvalue weighted by Crippen LogP contribution is -2.49. The first kappa shape index (κ1) is 16.6. The first-order chi connectivity index (χ1) is 9.94. The van der Waals surface area contributed by atoms with E-state index >= 15 is 0 Å². The van der Waals surface area contributed by atoms with Crippen LogP contribution in [0.1, 0.15) is 25.3 Å². The van der Waals surface area contributed by atoms with Crippen molar-refractivity contribution < 1.29 is 8.42 Å². The minimum absolute atomic E-state index is 0.267. The van der Waals surface area contributed by atoms with Gasteiger partial charge in [0.15, 0.2) is 0 Å². The van der Waals surface area contributed by atoms with Crippen LogP contribution in [0.4, 0.5) is 5.69 Å². The van der Waals surface area contributed by atoms with Gasteiger partial charge in [-0.3, -0.25) is 0 Å². The highest BCUT2D eigenvalue weighted by atomic mass is 35.5. The quantitative estimate of drug-likeness (QED) is 0.833. The van der Waals surface area contributed by atoms with Gasteiger partial charge < -0.3 is 4.90 Å². The fraction of sp³-hybridized carbons (Fsp3) is 0.600. The molecule has 0 atom stereocenters. The number of unbranched alkanes of at least 4 members (excludes halogenated alkanes) is 1. The molecule has 1 aliphatic heterocycles. The Bertz CT molecular complexity index is 581. The molecule has 118 valence electrons. The molecule has 1 fully saturated rings. The van der Waals surface area contributed by atoms with Crippen LogP contribution in [0, 0.1) is 6.92 Å². The number of nitrogens with zero attached hydrogens (tertiary/aromatic N) is 2. The Hall–Kier alpha value is -0.780. The van der Waals surface area contributed by atoms with E-state index in [9.17, 15) is 8.42 Å². The van der Waals surface area contributed by atoms with Crippen LogP contribution in [0.5, 0.6) is 0 Å². The lowest BCUT2D eigenvalue weighted by Gasteiger charge is -2.36. The largest absolute Gasteiger partial charge is 0.369 e. The molecule has 1 heterocycles. The second-order valence-corrected chi connectivity index (χ2v) is 8.01. The Morgan fingerprint density at radius 2 is 1.86 bits per heavy atom. The van der Waals surface area contributed by atoms with Gasteiger partial charge in [-0.2, -0.15) is 4.31 Å². The van der Waals surface area contributed by atoms with Gasteiger partial charge in [-0.1, -0.05) is 24.9 Å². The van der Waals surface area contributed by atoms with Crippen molar-refractivity contribution in [2.24, 2.45) is 0 Å². The summed E-state index contributed by atoms with van der Waals surface area (Å²) in [4.78, 5) is 2.23. The molecule has 1 saturated heterocycles. The molecule has 0 aliphatic carbocycles. The van der Waals surface area contributed by atoms with Gasteiger partial charge in [-0.05, 0) is 37.1 Å². The first-order valence-electron chi connectivity index (χ1n) is 7.43. The summed E-state index contributed by atoms with van der Waals surface area (Å²) >= 11 is 5.98. The number of aryl methyl sites for hydroxylation is 1. The summed E-state index contributed by atoms with van der Waals surface area (Å²) in [6.07, 6.45) is 1.64. The second-order valence-electron chi connectivity index (χ2n) is 5.49. The van der Waals surface area contributed by atoms with Crippen LogP contribution in [-0.2, 0) is 10.0 Å². The molecule has 1 aromatic rings. The summed E-state index contributed by atoms with van der Waals surface area (Å²) in [7, 11) is -3.08. The molecule has 1 aliphatic rings. The maximum atomic E-state index is 12.2. The van der Waals surface area contributed by atoms with Crippen LogP contribution >= 0.6 is 11.6 Å². The zero-order chi connectivity index (χ0) is 15.5. The minimum atomic E-state index is -3.08. The van der Waals surface area contributed by atoms with Gasteiger partial charge in [-0.15, -0.1) is 0 Å². The predicted octanol–water partition coefficient (Wildman–Crippen LogP) is 2.90. The van der Waals surface area contributed by atoms with Crippen LogP contribution in [0.2, 0.25) is 5.02 Å². The molecule has 1 aromatic carbocycles. The van der Waals surface area contributed by atoms with Crippen LogP contribution in [-0.4, -0.2) is 44.7 Å². The molecular formula is C15H23ClN2O2S. The number of anilines is 1. The number of hydrogen-bond donors (Lipinski definition) is 0. The van der Waals surface area contributed by atoms with Gasteiger partial charge in [-0.25, -0.2) is 8.42 Å². The van der Waals surface area contributed by atoms with Crippen LogP contribution in [0.3, 0.4) is 0 Å². The molecule has 0 N–H and O–H groups in total. The van der Waals surface area contributed by atoms with Crippen molar-refractivity contribution in [2.75, 3.05) is 36.8 Å². The lowest BCUT2D eigenvalue weighted by atomic mass is 10.1. The molecule has 0 saturated carbocycles. The van der Waals surface area contributed by atoms with Gasteiger partial charge in [0.05, 0.1) is 5.75 Å². The average Bonchev–Trinajstić information content (AvgIpc) is 2.45. The van der Waals surface area contributed by atoms with E-state index < -0.39 is 10.0 Å². The van der Waals surface area contributed by atoms with E-state index in [1.807, 2.05) is 32.0 Å². The van der Waals surface area contributed by atoms with Crippen molar-refractivity contribution in [1.29, 1.82) is 0 Å².